The van der Waals surface area contributed by atoms with Crippen molar-refractivity contribution in [1.29, 1.82) is 0 Å². The van der Waals surface area contributed by atoms with Crippen LogP contribution in [0, 0.1) is 6.92 Å². The van der Waals surface area contributed by atoms with Crippen LogP contribution in [0.3, 0.4) is 0 Å². The van der Waals surface area contributed by atoms with Gasteiger partial charge in [-0.2, -0.15) is 13.2 Å². The van der Waals surface area contributed by atoms with E-state index in [2.05, 4.69) is 11.1 Å². The molecule has 8 heteroatoms. The molecule has 0 radical (unpaired) electrons. The molecule has 0 saturated heterocycles. The second-order valence-corrected chi connectivity index (χ2v) is 9.20. The maximum absolute atomic E-state index is 13.6. The first-order valence-corrected chi connectivity index (χ1v) is 11.8. The van der Waals surface area contributed by atoms with E-state index < -0.39 is 11.7 Å². The number of nitrogens with zero attached hydrogens (tertiary/aromatic N) is 2. The van der Waals surface area contributed by atoms with Crippen molar-refractivity contribution in [2.24, 2.45) is 0 Å². The molecule has 4 aromatic rings. The monoisotopic (exact) mass is 510 g/mol. The zero-order valence-corrected chi connectivity index (χ0v) is 20.1. The largest absolute Gasteiger partial charge is 0.441 e. The first-order chi connectivity index (χ1) is 17.2. The lowest BCUT2D eigenvalue weighted by molar-refractivity contribution is -0.137. The third-order valence-electron chi connectivity index (χ3n) is 6.44. The molecule has 5 rings (SSSR count). The van der Waals surface area contributed by atoms with E-state index in [-0.39, 0.29) is 29.8 Å². The summed E-state index contributed by atoms with van der Waals surface area (Å²) in [5.74, 6) is 0.312. The summed E-state index contributed by atoms with van der Waals surface area (Å²) in [7, 11) is 0. The van der Waals surface area contributed by atoms with Gasteiger partial charge in [0.1, 0.15) is 5.76 Å². The number of hydrogen-bond donors (Lipinski definition) is 0. The van der Waals surface area contributed by atoms with Crippen LogP contribution < -0.4 is 0 Å². The molecule has 0 unspecified atom stereocenters. The second-order valence-electron chi connectivity index (χ2n) is 8.77. The topological polar surface area (TPSA) is 46.3 Å². The van der Waals surface area contributed by atoms with E-state index in [1.165, 1.54) is 17.7 Å². The molecule has 0 saturated carbocycles. The Bertz CT molecular complexity index is 1410. The fourth-order valence-corrected chi connectivity index (χ4v) is 4.75. The third-order valence-corrected chi connectivity index (χ3v) is 6.69. The molecule has 0 bridgehead atoms. The van der Waals surface area contributed by atoms with Gasteiger partial charge < -0.3 is 9.32 Å². The number of benzene rings is 3. The maximum atomic E-state index is 13.6. The van der Waals surface area contributed by atoms with Crippen LogP contribution in [0.4, 0.5) is 13.2 Å². The summed E-state index contributed by atoms with van der Waals surface area (Å²) < 4.78 is 45.1. The van der Waals surface area contributed by atoms with Gasteiger partial charge in [-0.05, 0) is 60.4 Å². The van der Waals surface area contributed by atoms with Crippen molar-refractivity contribution in [2.75, 3.05) is 6.54 Å². The third kappa shape index (κ3) is 4.75. The molecule has 2 heterocycles. The van der Waals surface area contributed by atoms with Gasteiger partial charge in [-0.25, -0.2) is 4.98 Å². The van der Waals surface area contributed by atoms with Crippen LogP contribution >= 0.6 is 11.6 Å². The van der Waals surface area contributed by atoms with Crippen LogP contribution in [0.25, 0.3) is 11.5 Å². The van der Waals surface area contributed by atoms with Crippen molar-refractivity contribution in [3.8, 4) is 11.5 Å². The fourth-order valence-electron chi connectivity index (χ4n) is 4.63. The van der Waals surface area contributed by atoms with Crippen LogP contribution in [0.15, 0.2) is 77.2 Å². The molecule has 184 valence electrons. The molecule has 4 nitrogen and oxygen atoms in total. The van der Waals surface area contributed by atoms with Gasteiger partial charge >= 0.3 is 6.18 Å². The normalized spacial score (nSPS) is 15.6. The summed E-state index contributed by atoms with van der Waals surface area (Å²) in [6.07, 6.45) is -3.78. The number of fused-ring (bicyclic) bond motifs is 1. The minimum absolute atomic E-state index is 0.0272. The number of oxazole rings is 1. The minimum Gasteiger partial charge on any atom is -0.441 e. The van der Waals surface area contributed by atoms with Crippen LogP contribution in [0.1, 0.15) is 39.7 Å². The lowest BCUT2D eigenvalue weighted by Crippen LogP contribution is -2.41. The lowest BCUT2D eigenvalue weighted by atomic mass is 9.88. The molecule has 1 amide bonds. The average Bonchev–Trinajstić information content (AvgIpc) is 3.23. The number of amides is 1. The molecule has 0 N–H and O–H groups in total. The molecule has 0 aliphatic carbocycles. The molecular weight excluding hydrogens is 489 g/mol. The van der Waals surface area contributed by atoms with E-state index in [0.29, 0.717) is 23.0 Å². The van der Waals surface area contributed by atoms with Gasteiger partial charge in [0.05, 0.1) is 23.7 Å². The van der Waals surface area contributed by atoms with Gasteiger partial charge in [0.25, 0.3) is 0 Å². The maximum Gasteiger partial charge on any atom is 0.416 e. The summed E-state index contributed by atoms with van der Waals surface area (Å²) >= 11 is 6.10. The Morgan fingerprint density at radius 1 is 1.08 bits per heavy atom. The molecule has 0 spiro atoms. The van der Waals surface area contributed by atoms with E-state index in [4.69, 9.17) is 16.0 Å². The number of halogens is 4. The first-order valence-electron chi connectivity index (χ1n) is 11.5. The summed E-state index contributed by atoms with van der Waals surface area (Å²) in [5.41, 5.74) is 3.01. The van der Waals surface area contributed by atoms with E-state index in [1.807, 2.05) is 35.2 Å². The predicted molar refractivity (Wildman–Crippen MR) is 131 cm³/mol. The van der Waals surface area contributed by atoms with Crippen molar-refractivity contribution >= 4 is 17.5 Å². The average molecular weight is 511 g/mol. The highest BCUT2D eigenvalue weighted by Gasteiger charge is 2.33. The van der Waals surface area contributed by atoms with Gasteiger partial charge in [0, 0.05) is 17.1 Å². The Hall–Kier alpha value is -3.58. The summed E-state index contributed by atoms with van der Waals surface area (Å²) in [4.78, 5) is 19.8. The SMILES string of the molecule is Cc1oc(-c2cccc(C(F)(F)F)c2)nc1CC(=O)N1CCc2ccccc2[C@@H]1c1ccc(Cl)cc1. The standard InChI is InChI=1S/C28H22ClF3N2O2/c1-17-24(33-27(36-17)20-6-4-7-21(15-20)28(30,31)32)16-25(35)34-14-13-18-5-2-3-8-23(18)26(34)19-9-11-22(29)12-10-19/h2-12,15,26H,13-14,16H2,1H3/t26-/m0/s1. The predicted octanol–water partition coefficient (Wildman–Crippen LogP) is 7.04. The number of rotatable bonds is 4. The molecule has 1 atom stereocenters. The van der Waals surface area contributed by atoms with Gasteiger partial charge in [-0.1, -0.05) is 54.1 Å². The summed E-state index contributed by atoms with van der Waals surface area (Å²) in [5, 5.41) is 0.612. The fraction of sp³-hybridized carbons (Fsp3) is 0.214. The highest BCUT2D eigenvalue weighted by Crippen LogP contribution is 2.37. The Morgan fingerprint density at radius 2 is 1.83 bits per heavy atom. The number of aromatic nitrogens is 1. The summed E-state index contributed by atoms with van der Waals surface area (Å²) in [6.45, 7) is 2.19. The number of carbonyl (C=O) groups excluding carboxylic acids is 1. The van der Waals surface area contributed by atoms with Gasteiger partial charge in [-0.3, -0.25) is 4.79 Å². The van der Waals surface area contributed by atoms with Crippen molar-refractivity contribution in [1.82, 2.24) is 9.88 Å². The van der Waals surface area contributed by atoms with Crippen molar-refractivity contribution in [3.63, 3.8) is 0 Å². The zero-order valence-electron chi connectivity index (χ0n) is 19.3. The quantitative estimate of drug-likeness (QED) is 0.296. The lowest BCUT2D eigenvalue weighted by Gasteiger charge is -2.38. The number of aryl methyl sites for hydroxylation is 1. The van der Waals surface area contributed by atoms with Crippen LogP contribution in [0.2, 0.25) is 5.02 Å². The van der Waals surface area contributed by atoms with E-state index in [9.17, 15) is 18.0 Å². The van der Waals surface area contributed by atoms with Crippen molar-refractivity contribution in [2.45, 2.75) is 32.0 Å². The molecule has 0 fully saturated rings. The Labute approximate surface area is 211 Å². The molecular formula is C28H22ClF3N2O2. The second kappa shape index (κ2) is 9.47. The molecule has 1 aliphatic rings. The Kier molecular flexibility index (Phi) is 6.35. The Morgan fingerprint density at radius 3 is 2.58 bits per heavy atom. The molecule has 1 aromatic heterocycles. The zero-order chi connectivity index (χ0) is 25.4. The van der Waals surface area contributed by atoms with Crippen molar-refractivity contribution < 1.29 is 22.4 Å². The number of hydrogen-bond acceptors (Lipinski definition) is 3. The minimum atomic E-state index is -4.47. The molecule has 3 aromatic carbocycles. The van der Waals surface area contributed by atoms with E-state index >= 15 is 0 Å². The van der Waals surface area contributed by atoms with E-state index in [0.717, 1.165) is 29.7 Å². The van der Waals surface area contributed by atoms with Crippen molar-refractivity contribution in [3.05, 3.63) is 112 Å². The van der Waals surface area contributed by atoms with E-state index in [1.54, 1.807) is 19.1 Å². The summed E-state index contributed by atoms with van der Waals surface area (Å²) in [6, 6.07) is 20.0. The van der Waals surface area contributed by atoms with Crippen LogP contribution in [-0.4, -0.2) is 22.3 Å². The van der Waals surface area contributed by atoms with Gasteiger partial charge in [0.15, 0.2) is 0 Å². The Balaban J connectivity index is 1.44. The van der Waals surface area contributed by atoms with Gasteiger partial charge in [0.2, 0.25) is 11.8 Å². The first kappa shape index (κ1) is 24.1. The van der Waals surface area contributed by atoms with Crippen LogP contribution in [-0.2, 0) is 23.8 Å². The number of carbonyl (C=O) groups is 1. The molecule has 1 aliphatic heterocycles. The highest BCUT2D eigenvalue weighted by molar-refractivity contribution is 6.30. The smallest absolute Gasteiger partial charge is 0.416 e. The number of alkyl halides is 3. The molecule has 36 heavy (non-hydrogen) atoms. The van der Waals surface area contributed by atoms with Crippen LogP contribution in [0.5, 0.6) is 0 Å². The van der Waals surface area contributed by atoms with Gasteiger partial charge in [-0.15, -0.1) is 0 Å². The highest BCUT2D eigenvalue weighted by atomic mass is 35.5.